The van der Waals surface area contributed by atoms with Crippen LogP contribution < -0.4 is 0 Å². The van der Waals surface area contributed by atoms with E-state index in [0.29, 0.717) is 16.7 Å². The van der Waals surface area contributed by atoms with Gasteiger partial charge in [-0.3, -0.25) is 0 Å². The summed E-state index contributed by atoms with van der Waals surface area (Å²) in [6.45, 7) is 0. The highest BCUT2D eigenvalue weighted by molar-refractivity contribution is 7.27. The number of aromatic nitrogens is 2. The van der Waals surface area contributed by atoms with Gasteiger partial charge in [0, 0.05) is 63.6 Å². The van der Waals surface area contributed by atoms with Crippen LogP contribution in [0.5, 0.6) is 0 Å². The zero-order valence-electron chi connectivity index (χ0n) is 39.5. The normalized spacial score (nSPS) is 11.8. The lowest BCUT2D eigenvalue weighted by atomic mass is 9.86. The van der Waals surface area contributed by atoms with Gasteiger partial charge in [-0.2, -0.15) is 10.5 Å². The predicted molar refractivity (Wildman–Crippen MR) is 312 cm³/mol. The molecule has 0 spiro atoms. The van der Waals surface area contributed by atoms with Gasteiger partial charge in [0.15, 0.2) is 0 Å². The van der Waals surface area contributed by atoms with E-state index in [1.807, 2.05) is 42.5 Å². The highest BCUT2D eigenvalue weighted by Gasteiger charge is 2.34. The molecule has 4 nitrogen and oxygen atoms in total. The summed E-state index contributed by atoms with van der Waals surface area (Å²) in [5.74, 6) is 0. The van der Waals surface area contributed by atoms with Crippen LogP contribution in [0.25, 0.3) is 140 Å². The molecule has 0 aliphatic heterocycles. The largest absolute Gasteiger partial charge is 0.307 e. The summed E-state index contributed by atoms with van der Waals surface area (Å²) in [6.07, 6.45) is 0. The van der Waals surface area contributed by atoms with Crippen LogP contribution in [-0.2, 0) is 0 Å². The molecule has 6 heteroatoms. The molecular weight excluding hydrogens is 937 g/mol. The fourth-order valence-corrected chi connectivity index (χ4v) is 14.4. The van der Waals surface area contributed by atoms with Crippen molar-refractivity contribution in [1.29, 1.82) is 10.5 Å². The van der Waals surface area contributed by atoms with Gasteiger partial charge in [0.05, 0.1) is 54.0 Å². The maximum atomic E-state index is 12.3. The molecule has 0 saturated carbocycles. The summed E-state index contributed by atoms with van der Waals surface area (Å²) < 4.78 is 9.42. The second-order valence-electron chi connectivity index (χ2n) is 18.9. The molecule has 0 aliphatic rings. The van der Waals surface area contributed by atoms with Crippen LogP contribution in [0, 0.1) is 22.7 Å². The first-order valence-electron chi connectivity index (χ1n) is 24.7. The Morgan fingerprint density at radius 1 is 0.324 bits per heavy atom. The molecule has 15 rings (SSSR count). The lowest BCUT2D eigenvalue weighted by Gasteiger charge is -2.25. The number of rotatable bonds is 6. The zero-order chi connectivity index (χ0) is 49.0. The van der Waals surface area contributed by atoms with Crippen molar-refractivity contribution >= 4 is 107 Å². The molecule has 0 bridgehead atoms. The summed E-state index contributed by atoms with van der Waals surface area (Å²) in [6, 6.07) is 87.1. The number of benzene rings is 11. The average Bonchev–Trinajstić information content (AvgIpc) is 4.23. The minimum absolute atomic E-state index is 0.426. The zero-order valence-corrected chi connectivity index (χ0v) is 41.2. The quantitative estimate of drug-likeness (QED) is 0.167. The smallest absolute Gasteiger partial charge is 0.102 e. The van der Waals surface area contributed by atoms with Crippen molar-refractivity contribution in [2.24, 2.45) is 0 Å². The maximum absolute atomic E-state index is 12.3. The topological polar surface area (TPSA) is 57.4 Å². The Balaban J connectivity index is 1.25. The number of nitrogens with zero attached hydrogens (tertiary/aromatic N) is 4. The van der Waals surface area contributed by atoms with E-state index in [4.69, 9.17) is 0 Å². The van der Waals surface area contributed by atoms with E-state index in [-0.39, 0.29) is 0 Å². The second-order valence-corrected chi connectivity index (χ2v) is 21.0. The highest BCUT2D eigenvalue weighted by Crippen LogP contribution is 2.54. The Labute approximate surface area is 433 Å². The number of para-hydroxylation sites is 1. The predicted octanol–water partition coefficient (Wildman–Crippen LogP) is 19.0. The van der Waals surface area contributed by atoms with Crippen LogP contribution in [0.4, 0.5) is 0 Å². The van der Waals surface area contributed by atoms with Gasteiger partial charge in [-0.15, -0.1) is 22.7 Å². The highest BCUT2D eigenvalue weighted by atomic mass is 32.1. The molecule has 74 heavy (non-hydrogen) atoms. The van der Waals surface area contributed by atoms with Crippen LogP contribution >= 0.6 is 22.7 Å². The fraction of sp³-hybridized carbons (Fsp3) is 0. The van der Waals surface area contributed by atoms with Crippen molar-refractivity contribution in [3.63, 3.8) is 0 Å². The molecule has 0 unspecified atom stereocenters. The van der Waals surface area contributed by atoms with Gasteiger partial charge in [-0.25, -0.2) is 0 Å². The molecule has 0 N–H and O–H groups in total. The van der Waals surface area contributed by atoms with Crippen LogP contribution in [0.1, 0.15) is 11.1 Å². The number of hydrogen-bond acceptors (Lipinski definition) is 4. The standard InChI is InChI=1S/C68H38N4S2/c69-39-54-60(43-23-9-3-10-24-43)55(40-70)64(61(44-25-11-4-12-26-44)63(54)71-56-30-16-13-27-46(56)52-37-45(33-36-57(52)71)41-19-5-1-6-20-41)72-65-50(35-34-49-47-28-14-17-31-58(47)73-67(49)65)62-51(42-21-7-2-8-22-42)38-53-48-29-15-18-32-59(48)74-68(53)66(62)72/h1-38H. The van der Waals surface area contributed by atoms with Gasteiger partial charge < -0.3 is 9.13 Å². The third kappa shape index (κ3) is 6.05. The Morgan fingerprint density at radius 3 is 1.45 bits per heavy atom. The van der Waals surface area contributed by atoms with Crippen molar-refractivity contribution < 1.29 is 0 Å². The summed E-state index contributed by atoms with van der Waals surface area (Å²) in [7, 11) is 0. The maximum Gasteiger partial charge on any atom is 0.102 e. The molecular formula is C68H38N4S2. The van der Waals surface area contributed by atoms with E-state index in [2.05, 4.69) is 209 Å². The Morgan fingerprint density at radius 2 is 0.811 bits per heavy atom. The molecule has 11 aromatic carbocycles. The monoisotopic (exact) mass is 974 g/mol. The average molecular weight is 975 g/mol. The second kappa shape index (κ2) is 16.5. The molecule has 4 aromatic heterocycles. The van der Waals surface area contributed by atoms with Gasteiger partial charge in [0.25, 0.3) is 0 Å². The molecule has 0 saturated heterocycles. The number of fused-ring (bicyclic) bond motifs is 14. The van der Waals surface area contributed by atoms with Crippen molar-refractivity contribution in [3.8, 4) is 68.0 Å². The number of nitriles is 2. The van der Waals surface area contributed by atoms with Crippen LogP contribution in [0.3, 0.4) is 0 Å². The van der Waals surface area contributed by atoms with Crippen LogP contribution in [0.2, 0.25) is 0 Å². The van der Waals surface area contributed by atoms with E-state index in [1.165, 1.54) is 20.2 Å². The van der Waals surface area contributed by atoms with E-state index < -0.39 is 0 Å². The lowest BCUT2D eigenvalue weighted by molar-refractivity contribution is 1.13. The molecule has 0 atom stereocenters. The Bertz CT molecular complexity index is 4890. The molecule has 342 valence electrons. The van der Waals surface area contributed by atoms with Gasteiger partial charge in [-0.1, -0.05) is 194 Å². The van der Waals surface area contributed by atoms with Gasteiger partial charge in [0.1, 0.15) is 12.1 Å². The van der Waals surface area contributed by atoms with Gasteiger partial charge in [0.2, 0.25) is 0 Å². The van der Waals surface area contributed by atoms with Crippen molar-refractivity contribution in [2.45, 2.75) is 0 Å². The van der Waals surface area contributed by atoms with Gasteiger partial charge >= 0.3 is 0 Å². The third-order valence-corrected chi connectivity index (χ3v) is 17.4. The Hall–Kier alpha value is -9.56. The van der Waals surface area contributed by atoms with E-state index >= 15 is 0 Å². The van der Waals surface area contributed by atoms with Crippen LogP contribution in [-0.4, -0.2) is 9.13 Å². The lowest BCUT2D eigenvalue weighted by Crippen LogP contribution is -2.11. The molecule has 4 heterocycles. The minimum atomic E-state index is 0.426. The van der Waals surface area contributed by atoms with E-state index in [1.54, 1.807) is 22.7 Å². The number of thiophene rings is 2. The molecule has 15 aromatic rings. The summed E-state index contributed by atoms with van der Waals surface area (Å²) >= 11 is 3.60. The van der Waals surface area contributed by atoms with Crippen molar-refractivity contribution in [1.82, 2.24) is 9.13 Å². The van der Waals surface area contributed by atoms with E-state index in [0.717, 1.165) is 114 Å². The van der Waals surface area contributed by atoms with Crippen molar-refractivity contribution in [3.05, 3.63) is 242 Å². The first kappa shape index (κ1) is 42.2. The fourth-order valence-electron chi connectivity index (χ4n) is 11.9. The molecule has 0 radical (unpaired) electrons. The summed E-state index contributed by atoms with van der Waals surface area (Å²) in [5.41, 5.74) is 13.8. The molecule has 0 fully saturated rings. The summed E-state index contributed by atoms with van der Waals surface area (Å²) in [5, 5.41) is 33.4. The van der Waals surface area contributed by atoms with Crippen molar-refractivity contribution in [2.75, 3.05) is 0 Å². The van der Waals surface area contributed by atoms with E-state index in [9.17, 15) is 10.5 Å². The molecule has 0 amide bonds. The summed E-state index contributed by atoms with van der Waals surface area (Å²) in [4.78, 5) is 0. The number of hydrogen-bond donors (Lipinski definition) is 0. The van der Waals surface area contributed by atoms with Gasteiger partial charge in [-0.05, 0) is 69.8 Å². The third-order valence-electron chi connectivity index (χ3n) is 15.0. The SMILES string of the molecule is N#Cc1c(-c2ccccc2)c(C#N)c(-n2c3c(ccc4c5ccccc5sc43)c3c(-c4ccccc4)cc4c5ccccc5sc4c32)c(-c2ccccc2)c1-n1c2ccccc2c2cc(-c3ccccc3)ccc21. The Kier molecular flexibility index (Phi) is 9.40. The van der Waals surface area contributed by atoms with Crippen LogP contribution in [0.15, 0.2) is 231 Å². The first-order chi connectivity index (χ1) is 36.7. The molecule has 0 aliphatic carbocycles. The first-order valence-corrected chi connectivity index (χ1v) is 26.3. The minimum Gasteiger partial charge on any atom is -0.307 e.